The lowest BCUT2D eigenvalue weighted by molar-refractivity contribution is -0.137. The Hall–Kier alpha value is -3.70. The number of hydrogen-bond acceptors (Lipinski definition) is 6. The number of likely N-dealkylation sites (tertiary alicyclic amines) is 1. The molecule has 0 saturated carbocycles. The molecule has 29 heavy (non-hydrogen) atoms. The number of pyridine rings is 1. The standard InChI is InChI=1S/C21H18N4O4/c1-24-11-9-21(28,20(24)27)8-6-14-4-3-5-15(12-14)25-17-7-10-22-13-16(17)18(23-25)19(26)29-2/h3-5,7,10,12-13,28H,9,11H2,1-2H3/t21-/m0/s1. The molecule has 1 aromatic carbocycles. The van der Waals surface area contributed by atoms with Crippen LogP contribution in [0.3, 0.4) is 0 Å². The summed E-state index contributed by atoms with van der Waals surface area (Å²) < 4.78 is 6.42. The summed E-state index contributed by atoms with van der Waals surface area (Å²) in [6.45, 7) is 0.466. The molecule has 2 aromatic heterocycles. The van der Waals surface area contributed by atoms with Crippen molar-refractivity contribution in [1.29, 1.82) is 0 Å². The number of methoxy groups -OCH3 is 1. The van der Waals surface area contributed by atoms with Gasteiger partial charge in [0, 0.05) is 38.0 Å². The van der Waals surface area contributed by atoms with E-state index in [0.717, 1.165) is 0 Å². The van der Waals surface area contributed by atoms with Crippen LogP contribution >= 0.6 is 0 Å². The van der Waals surface area contributed by atoms with E-state index in [-0.39, 0.29) is 12.1 Å². The van der Waals surface area contributed by atoms with E-state index in [4.69, 9.17) is 4.74 Å². The molecule has 0 aliphatic carbocycles. The van der Waals surface area contributed by atoms with Crippen molar-refractivity contribution < 1.29 is 19.4 Å². The van der Waals surface area contributed by atoms with Crippen LogP contribution in [0.25, 0.3) is 16.6 Å². The van der Waals surface area contributed by atoms with E-state index in [9.17, 15) is 14.7 Å². The molecular formula is C21H18N4O4. The minimum absolute atomic E-state index is 0.168. The predicted molar refractivity (Wildman–Crippen MR) is 104 cm³/mol. The molecule has 0 unspecified atom stereocenters. The molecule has 1 aliphatic rings. The van der Waals surface area contributed by atoms with Crippen LogP contribution in [0, 0.1) is 11.8 Å². The number of carbonyl (C=O) groups excluding carboxylic acids is 2. The molecule has 3 aromatic rings. The van der Waals surface area contributed by atoms with Crippen LogP contribution in [0.2, 0.25) is 0 Å². The van der Waals surface area contributed by atoms with Gasteiger partial charge in [0.05, 0.1) is 23.7 Å². The quantitative estimate of drug-likeness (QED) is 0.521. The monoisotopic (exact) mass is 390 g/mol. The third kappa shape index (κ3) is 3.22. The van der Waals surface area contributed by atoms with Gasteiger partial charge in [0.1, 0.15) is 0 Å². The maximum absolute atomic E-state index is 12.1. The van der Waals surface area contributed by atoms with Crippen molar-refractivity contribution >= 4 is 22.8 Å². The topological polar surface area (TPSA) is 97.5 Å². The molecule has 8 heteroatoms. The highest BCUT2D eigenvalue weighted by molar-refractivity contribution is 6.02. The van der Waals surface area contributed by atoms with E-state index in [0.29, 0.717) is 28.7 Å². The van der Waals surface area contributed by atoms with E-state index < -0.39 is 17.5 Å². The predicted octanol–water partition coefficient (Wildman–Crippen LogP) is 1.15. The van der Waals surface area contributed by atoms with Crippen molar-refractivity contribution in [2.24, 2.45) is 0 Å². The van der Waals surface area contributed by atoms with Gasteiger partial charge in [0.15, 0.2) is 5.69 Å². The minimum Gasteiger partial charge on any atom is -0.464 e. The number of likely N-dealkylation sites (N-methyl/N-ethyl adjacent to an activating group) is 1. The highest BCUT2D eigenvalue weighted by atomic mass is 16.5. The number of benzene rings is 1. The van der Waals surface area contributed by atoms with Crippen LogP contribution in [-0.2, 0) is 9.53 Å². The number of aromatic nitrogens is 3. The second kappa shape index (κ2) is 7.04. The Morgan fingerprint density at radius 1 is 1.34 bits per heavy atom. The van der Waals surface area contributed by atoms with E-state index in [1.807, 2.05) is 6.07 Å². The summed E-state index contributed by atoms with van der Waals surface area (Å²) in [6, 6.07) is 8.91. The molecule has 8 nitrogen and oxygen atoms in total. The van der Waals surface area contributed by atoms with Crippen molar-refractivity contribution in [2.75, 3.05) is 20.7 Å². The molecule has 1 N–H and O–H groups in total. The fourth-order valence-electron chi connectivity index (χ4n) is 3.27. The molecule has 0 radical (unpaired) electrons. The maximum Gasteiger partial charge on any atom is 0.359 e. The fourth-order valence-corrected chi connectivity index (χ4v) is 3.27. The highest BCUT2D eigenvalue weighted by Crippen LogP contribution is 2.23. The third-order valence-corrected chi connectivity index (χ3v) is 4.87. The number of aliphatic hydroxyl groups is 1. The van der Waals surface area contributed by atoms with Gasteiger partial charge in [-0.1, -0.05) is 17.9 Å². The van der Waals surface area contributed by atoms with Crippen LogP contribution in [0.15, 0.2) is 42.7 Å². The van der Waals surface area contributed by atoms with Crippen molar-refractivity contribution in [3.63, 3.8) is 0 Å². The zero-order chi connectivity index (χ0) is 20.6. The van der Waals surface area contributed by atoms with E-state index in [1.54, 1.807) is 48.4 Å². The van der Waals surface area contributed by atoms with Gasteiger partial charge in [-0.2, -0.15) is 5.10 Å². The lowest BCUT2D eigenvalue weighted by atomic mass is 10.0. The average Bonchev–Trinajstić information content (AvgIpc) is 3.26. The fraction of sp³-hybridized carbons (Fsp3) is 0.238. The Kier molecular flexibility index (Phi) is 4.53. The van der Waals surface area contributed by atoms with Crippen LogP contribution in [0.4, 0.5) is 0 Å². The minimum atomic E-state index is -1.66. The summed E-state index contributed by atoms with van der Waals surface area (Å²) in [5.41, 5.74) is 0.477. The first-order valence-corrected chi connectivity index (χ1v) is 8.95. The second-order valence-corrected chi connectivity index (χ2v) is 6.78. The Balaban J connectivity index is 1.75. The van der Waals surface area contributed by atoms with Crippen molar-refractivity contribution in [1.82, 2.24) is 19.7 Å². The van der Waals surface area contributed by atoms with E-state index in [1.165, 1.54) is 12.0 Å². The Bertz CT molecular complexity index is 1190. The molecule has 1 saturated heterocycles. The molecule has 3 heterocycles. The van der Waals surface area contributed by atoms with Crippen molar-refractivity contribution in [3.8, 4) is 17.5 Å². The molecule has 146 valence electrons. The number of hydrogen-bond donors (Lipinski definition) is 1. The number of fused-ring (bicyclic) bond motifs is 1. The van der Waals surface area contributed by atoms with Gasteiger partial charge in [-0.05, 0) is 24.3 Å². The van der Waals surface area contributed by atoms with Gasteiger partial charge in [-0.15, -0.1) is 0 Å². The molecule has 1 aliphatic heterocycles. The molecule has 0 bridgehead atoms. The number of nitrogens with zero attached hydrogens (tertiary/aromatic N) is 4. The Morgan fingerprint density at radius 2 is 2.17 bits per heavy atom. The maximum atomic E-state index is 12.1. The average molecular weight is 390 g/mol. The number of ether oxygens (including phenoxy) is 1. The van der Waals surface area contributed by atoms with Crippen molar-refractivity contribution in [3.05, 3.63) is 54.0 Å². The van der Waals surface area contributed by atoms with Gasteiger partial charge in [-0.25, -0.2) is 9.48 Å². The zero-order valence-electron chi connectivity index (χ0n) is 15.9. The van der Waals surface area contributed by atoms with Gasteiger partial charge in [0.25, 0.3) is 5.91 Å². The Labute approximate surface area is 166 Å². The van der Waals surface area contributed by atoms with E-state index >= 15 is 0 Å². The molecule has 1 fully saturated rings. The van der Waals surface area contributed by atoms with Gasteiger partial charge in [-0.3, -0.25) is 9.78 Å². The molecule has 1 amide bonds. The van der Waals surface area contributed by atoms with Crippen LogP contribution in [0.1, 0.15) is 22.5 Å². The molecule has 4 rings (SSSR count). The third-order valence-electron chi connectivity index (χ3n) is 4.87. The summed E-state index contributed by atoms with van der Waals surface area (Å²) in [5.74, 6) is 4.64. The zero-order valence-corrected chi connectivity index (χ0v) is 15.9. The summed E-state index contributed by atoms with van der Waals surface area (Å²) in [4.78, 5) is 29.7. The first-order chi connectivity index (χ1) is 13.9. The van der Waals surface area contributed by atoms with Gasteiger partial charge in [0.2, 0.25) is 5.60 Å². The van der Waals surface area contributed by atoms with Crippen LogP contribution < -0.4 is 0 Å². The summed E-state index contributed by atoms with van der Waals surface area (Å²) >= 11 is 0. The lowest BCUT2D eigenvalue weighted by Gasteiger charge is -2.13. The largest absolute Gasteiger partial charge is 0.464 e. The number of amides is 1. The first-order valence-electron chi connectivity index (χ1n) is 8.95. The SMILES string of the molecule is COC(=O)c1nn(-c2cccc(C#C[C@]3(O)CCN(C)C3=O)c2)c2ccncc12. The van der Waals surface area contributed by atoms with Crippen LogP contribution in [0.5, 0.6) is 0 Å². The van der Waals surface area contributed by atoms with Gasteiger partial charge >= 0.3 is 5.97 Å². The normalized spacial score (nSPS) is 18.6. The summed E-state index contributed by atoms with van der Waals surface area (Å²) in [5, 5.41) is 15.4. The second-order valence-electron chi connectivity index (χ2n) is 6.78. The number of rotatable bonds is 2. The number of carbonyl (C=O) groups is 2. The summed E-state index contributed by atoms with van der Waals surface area (Å²) in [6.07, 6.45) is 3.45. The lowest BCUT2D eigenvalue weighted by Crippen LogP contribution is -2.37. The van der Waals surface area contributed by atoms with Crippen molar-refractivity contribution in [2.45, 2.75) is 12.0 Å². The van der Waals surface area contributed by atoms with E-state index in [2.05, 4.69) is 21.9 Å². The molecule has 1 atom stereocenters. The van der Waals surface area contributed by atoms with Crippen LogP contribution in [-0.4, -0.2) is 63.0 Å². The van der Waals surface area contributed by atoms with Gasteiger partial charge < -0.3 is 14.7 Å². The number of esters is 1. The molecule has 0 spiro atoms. The highest BCUT2D eigenvalue weighted by Gasteiger charge is 2.42. The summed E-state index contributed by atoms with van der Waals surface area (Å²) in [7, 11) is 2.94. The molecular weight excluding hydrogens is 372 g/mol. The first kappa shape index (κ1) is 18.7. The Morgan fingerprint density at radius 3 is 2.90 bits per heavy atom. The smallest absolute Gasteiger partial charge is 0.359 e.